The summed E-state index contributed by atoms with van der Waals surface area (Å²) >= 11 is 11.5. The first kappa shape index (κ1) is 60.6. The van der Waals surface area contributed by atoms with Crippen LogP contribution in [-0.2, 0) is 23.7 Å². The second-order valence-electron chi connectivity index (χ2n) is 23.6. The summed E-state index contributed by atoms with van der Waals surface area (Å²) in [6.45, 7) is 18.2. The Kier molecular flexibility index (Phi) is 20.8. The summed E-state index contributed by atoms with van der Waals surface area (Å²) in [7, 11) is 0. The average Bonchev–Trinajstić information content (AvgIpc) is 3.67. The number of hydrogen-bond acceptors (Lipinski definition) is 8. The van der Waals surface area contributed by atoms with Crippen LogP contribution >= 0.6 is 68.0 Å². The summed E-state index contributed by atoms with van der Waals surface area (Å²) in [6, 6.07) is 37.5. The van der Waals surface area contributed by atoms with Crippen molar-refractivity contribution >= 4 is 110 Å². The van der Waals surface area contributed by atoms with Crippen LogP contribution in [0.1, 0.15) is 233 Å². The zero-order valence-electron chi connectivity index (χ0n) is 49.9. The second kappa shape index (κ2) is 28.1. The molecule has 0 N–H and O–H groups in total. The Morgan fingerprint density at radius 2 is 1.00 bits per heavy atom. The monoisotopic (exact) mass is 1200 g/mol. The number of amides is 2. The molecule has 2 atom stereocenters. The molecule has 3 aromatic carbocycles. The van der Waals surface area contributed by atoms with Gasteiger partial charge in [0.1, 0.15) is 4.88 Å². The Balaban J connectivity index is 1.23. The van der Waals surface area contributed by atoms with Gasteiger partial charge in [-0.1, -0.05) is 217 Å². The van der Waals surface area contributed by atoms with Crippen molar-refractivity contribution in [1.29, 1.82) is 0 Å². The van der Waals surface area contributed by atoms with Crippen LogP contribution in [0, 0.1) is 0 Å². The summed E-state index contributed by atoms with van der Waals surface area (Å²) in [5.41, 5.74) is 5.54. The van der Waals surface area contributed by atoms with Crippen LogP contribution in [0.3, 0.4) is 0 Å². The molecule has 0 spiro atoms. The molecule has 432 valence electrons. The lowest BCUT2D eigenvalue weighted by Crippen LogP contribution is -2.30. The Hall–Kier alpha value is -4.48. The molecule has 0 fully saturated rings. The van der Waals surface area contributed by atoms with E-state index in [9.17, 15) is 9.59 Å². The van der Waals surface area contributed by atoms with Gasteiger partial charge in [0.2, 0.25) is 0 Å². The summed E-state index contributed by atoms with van der Waals surface area (Å²) in [5.74, 6) is -0.381. The van der Waals surface area contributed by atoms with Crippen LogP contribution in [-0.4, -0.2) is 23.3 Å². The first-order valence-electron chi connectivity index (χ1n) is 31.5. The molecule has 0 aliphatic carbocycles. The molecule has 9 heteroatoms. The molecule has 2 amide bonds. The standard InChI is InChI=1S/C73H87NO2S6/c1-8-14-18-21-23-31-39-52-41-43-56(77-52)60-54-48-58(66-67-62(63-68(81-67)71(76)74(47-12-5)70(63)75)69(82-66)72(7,45-34-20-16-10-3)50-35-27-25-28-36-50)79-64(54)61(57-44-42-53(78-57)40-32-24-22-19-15-9-2)55-49-59(80-65(55)60)73(13-6,46-33-17-11-4)51-37-29-26-30-38-51/h12,25-30,35-38,41-44,48-49H,5,8-11,13-24,31-34,39-40,45-47H2,1-4,6-7H3. The van der Waals surface area contributed by atoms with Gasteiger partial charge in [-0.3, -0.25) is 14.5 Å². The minimum Gasteiger partial charge on any atom is -0.270 e. The molecule has 2 unspecified atom stereocenters. The molecule has 0 bridgehead atoms. The number of thiophene rings is 6. The highest BCUT2D eigenvalue weighted by atomic mass is 32.1. The Labute approximate surface area is 514 Å². The van der Waals surface area contributed by atoms with E-state index >= 15 is 0 Å². The Bertz CT molecular complexity index is 3470. The zero-order chi connectivity index (χ0) is 57.2. The maximum Gasteiger partial charge on any atom is 0.271 e. The van der Waals surface area contributed by atoms with Gasteiger partial charge in [0.05, 0.1) is 15.1 Å². The third-order valence-corrected chi connectivity index (χ3v) is 25.6. The van der Waals surface area contributed by atoms with Gasteiger partial charge < -0.3 is 0 Å². The molecular formula is C73H87NO2S6. The minimum absolute atomic E-state index is 0.110. The van der Waals surface area contributed by atoms with Crippen LogP contribution in [0.15, 0.2) is 110 Å². The van der Waals surface area contributed by atoms with Crippen molar-refractivity contribution in [2.75, 3.05) is 6.54 Å². The third kappa shape index (κ3) is 12.3. The summed E-state index contributed by atoms with van der Waals surface area (Å²) in [6.07, 6.45) is 30.8. The molecule has 0 saturated heterocycles. The number of fused-ring (bicyclic) bond motifs is 5. The van der Waals surface area contributed by atoms with E-state index in [4.69, 9.17) is 0 Å². The van der Waals surface area contributed by atoms with Crippen molar-refractivity contribution in [3.8, 4) is 30.6 Å². The average molecular weight is 1200 g/mol. The zero-order valence-corrected chi connectivity index (χ0v) is 54.8. The highest BCUT2D eigenvalue weighted by Gasteiger charge is 2.44. The lowest BCUT2D eigenvalue weighted by molar-refractivity contribution is 0.0674. The van der Waals surface area contributed by atoms with E-state index in [2.05, 4.69) is 157 Å². The Morgan fingerprint density at radius 1 is 0.476 bits per heavy atom. The number of carbonyl (C=O) groups is 2. The fraction of sp³-hybridized carbons (Fsp3) is 0.452. The van der Waals surface area contributed by atoms with Crippen LogP contribution < -0.4 is 0 Å². The van der Waals surface area contributed by atoms with Gasteiger partial charge >= 0.3 is 0 Å². The third-order valence-electron chi connectivity index (χ3n) is 17.9. The van der Waals surface area contributed by atoms with Crippen molar-refractivity contribution in [2.45, 2.75) is 206 Å². The smallest absolute Gasteiger partial charge is 0.270 e. The molecule has 1 aliphatic heterocycles. The van der Waals surface area contributed by atoms with E-state index in [1.165, 1.54) is 195 Å². The maximum atomic E-state index is 14.8. The number of hydrogen-bond donors (Lipinski definition) is 0. The van der Waals surface area contributed by atoms with Gasteiger partial charge in [-0.05, 0) is 92.5 Å². The van der Waals surface area contributed by atoms with Crippen molar-refractivity contribution in [2.24, 2.45) is 0 Å². The van der Waals surface area contributed by atoms with Crippen molar-refractivity contribution < 1.29 is 9.59 Å². The number of nitrogens with zero attached hydrogens (tertiary/aromatic N) is 1. The first-order chi connectivity index (χ1) is 40.1. The van der Waals surface area contributed by atoms with Crippen LogP contribution in [0.25, 0.3) is 60.9 Å². The van der Waals surface area contributed by atoms with Crippen LogP contribution in [0.4, 0.5) is 0 Å². The van der Waals surface area contributed by atoms with Gasteiger partial charge in [-0.2, -0.15) is 0 Å². The molecule has 0 saturated carbocycles. The lowest BCUT2D eigenvalue weighted by Gasteiger charge is -2.33. The van der Waals surface area contributed by atoms with Crippen molar-refractivity contribution in [3.05, 3.63) is 151 Å². The normalized spacial score (nSPS) is 14.2. The van der Waals surface area contributed by atoms with Crippen molar-refractivity contribution in [3.63, 3.8) is 0 Å². The van der Waals surface area contributed by atoms with Gasteiger partial charge in [0, 0.05) is 88.2 Å². The number of benzene rings is 3. The largest absolute Gasteiger partial charge is 0.271 e. The SMILES string of the molecule is C=CCN1C(=O)c2sc3c(-c4cc5c(-c6ccc(CCCCCCCC)s6)c6sc(C(CC)(CCCCC)c7ccccc7)cc6c(-c6ccc(CCCCCCCC)s6)c5s4)sc(C(C)(CCCCCC)c4ccccc4)c3c2C1=O. The molecule has 9 aromatic rings. The summed E-state index contributed by atoms with van der Waals surface area (Å²) < 4.78 is 3.83. The van der Waals surface area contributed by atoms with E-state index in [1.54, 1.807) is 17.4 Å². The molecule has 10 rings (SSSR count). The highest BCUT2D eigenvalue weighted by Crippen LogP contribution is 2.59. The summed E-state index contributed by atoms with van der Waals surface area (Å²) in [4.78, 5) is 42.0. The number of rotatable bonds is 33. The lowest BCUT2D eigenvalue weighted by atomic mass is 9.73. The quantitative estimate of drug-likeness (QED) is 0.0234. The molecule has 82 heavy (non-hydrogen) atoms. The molecule has 1 aliphatic rings. The second-order valence-corrected chi connectivity index (χ2v) is 30.1. The Morgan fingerprint density at radius 3 is 1.59 bits per heavy atom. The number of unbranched alkanes of at least 4 members (excludes halogenated alkanes) is 15. The number of aryl methyl sites for hydroxylation is 2. The van der Waals surface area contributed by atoms with E-state index in [1.807, 2.05) is 45.3 Å². The number of imide groups is 1. The van der Waals surface area contributed by atoms with E-state index in [0.29, 0.717) is 10.4 Å². The van der Waals surface area contributed by atoms with Crippen LogP contribution in [0.5, 0.6) is 0 Å². The minimum atomic E-state index is -0.388. The molecule has 6 aromatic heterocycles. The van der Waals surface area contributed by atoms with E-state index in [-0.39, 0.29) is 29.2 Å². The molecule has 0 radical (unpaired) electrons. The predicted molar refractivity (Wildman–Crippen MR) is 366 cm³/mol. The topological polar surface area (TPSA) is 37.4 Å². The fourth-order valence-corrected chi connectivity index (χ4v) is 21.3. The van der Waals surface area contributed by atoms with Crippen molar-refractivity contribution in [1.82, 2.24) is 4.90 Å². The fourth-order valence-electron chi connectivity index (χ4n) is 13.1. The van der Waals surface area contributed by atoms with Gasteiger partial charge in [-0.15, -0.1) is 74.6 Å². The van der Waals surface area contributed by atoms with Gasteiger partial charge in [0.25, 0.3) is 11.8 Å². The van der Waals surface area contributed by atoms with E-state index in [0.717, 1.165) is 55.0 Å². The van der Waals surface area contributed by atoms with Gasteiger partial charge in [-0.25, -0.2) is 0 Å². The summed E-state index contributed by atoms with van der Waals surface area (Å²) in [5, 5.41) is 3.70. The maximum absolute atomic E-state index is 14.8. The van der Waals surface area contributed by atoms with Crippen LogP contribution in [0.2, 0.25) is 0 Å². The molecule has 3 nitrogen and oxygen atoms in total. The molecule has 7 heterocycles. The highest BCUT2D eigenvalue weighted by molar-refractivity contribution is 7.32. The first-order valence-corrected chi connectivity index (χ1v) is 36.4. The van der Waals surface area contributed by atoms with E-state index < -0.39 is 0 Å². The van der Waals surface area contributed by atoms with Gasteiger partial charge in [0.15, 0.2) is 0 Å². The predicted octanol–water partition coefficient (Wildman–Crippen LogP) is 24.7. The number of carbonyl (C=O) groups excluding carboxylic acids is 2. The molecular weight excluding hydrogens is 1120 g/mol.